The summed E-state index contributed by atoms with van der Waals surface area (Å²) in [6.07, 6.45) is 2.31. The summed E-state index contributed by atoms with van der Waals surface area (Å²) >= 11 is 6.09. The Morgan fingerprint density at radius 1 is 0.958 bits per heavy atom. The molecular weight excluding hydrogens is 639 g/mol. The summed E-state index contributed by atoms with van der Waals surface area (Å²) in [5.74, 6) is -5.84. The predicted octanol–water partition coefficient (Wildman–Crippen LogP) is 5.49. The number of benzene rings is 3. The van der Waals surface area contributed by atoms with Gasteiger partial charge in [0, 0.05) is 17.0 Å². The highest BCUT2D eigenvalue weighted by molar-refractivity contribution is 6.32. The van der Waals surface area contributed by atoms with Crippen LogP contribution in [0.1, 0.15) is 48.5 Å². The second kappa shape index (κ2) is 11.8. The fourth-order valence-corrected chi connectivity index (χ4v) is 8.51. The van der Waals surface area contributed by atoms with Gasteiger partial charge in [0.1, 0.15) is 18.2 Å². The SMILES string of the molecule is CC(=O)c1ccc(N2C(=O)[C@H]3[C@H](CC=C4[C@H]3C[C@H]3C(=O)N(c5ccc(F)c(Cl)c5)C(=O)[C@@]3(C)[C@H]4c3ccccc3OCCO)C2=O)cc1. The predicted molar refractivity (Wildman–Crippen MR) is 174 cm³/mol. The zero-order valence-corrected chi connectivity index (χ0v) is 26.9. The van der Waals surface area contributed by atoms with Crippen LogP contribution in [0, 0.1) is 34.9 Å². The van der Waals surface area contributed by atoms with Crippen molar-refractivity contribution in [2.45, 2.75) is 32.6 Å². The van der Waals surface area contributed by atoms with Gasteiger partial charge in [-0.25, -0.2) is 9.29 Å². The van der Waals surface area contributed by atoms with E-state index in [1.165, 1.54) is 24.0 Å². The number of anilines is 2. The Morgan fingerprint density at radius 2 is 1.67 bits per heavy atom. The van der Waals surface area contributed by atoms with Gasteiger partial charge in [-0.15, -0.1) is 0 Å². The molecule has 7 rings (SSSR count). The minimum atomic E-state index is -1.35. The van der Waals surface area contributed by atoms with E-state index in [0.29, 0.717) is 22.6 Å². The zero-order valence-electron chi connectivity index (χ0n) is 26.2. The first-order valence-electron chi connectivity index (χ1n) is 15.8. The Labute approximate surface area is 280 Å². The van der Waals surface area contributed by atoms with Gasteiger partial charge >= 0.3 is 0 Å². The Hall–Kier alpha value is -4.67. The van der Waals surface area contributed by atoms with Crippen LogP contribution in [0.4, 0.5) is 15.8 Å². The number of carbonyl (C=O) groups excluding carboxylic acids is 5. The lowest BCUT2D eigenvalue weighted by atomic mass is 9.51. The topological polar surface area (TPSA) is 121 Å². The number of hydrogen-bond donors (Lipinski definition) is 1. The van der Waals surface area contributed by atoms with Crippen molar-refractivity contribution in [2.75, 3.05) is 23.0 Å². The number of ketones is 1. The third-order valence-electron chi connectivity index (χ3n) is 10.5. The lowest BCUT2D eigenvalue weighted by Crippen LogP contribution is -2.49. The molecule has 3 fully saturated rings. The maximum absolute atomic E-state index is 14.6. The lowest BCUT2D eigenvalue weighted by Gasteiger charge is -2.49. The van der Waals surface area contributed by atoms with E-state index in [4.69, 9.17) is 16.3 Å². The Kier molecular flexibility index (Phi) is 7.83. The largest absolute Gasteiger partial charge is 0.491 e. The highest BCUT2D eigenvalue weighted by Crippen LogP contribution is 2.64. The van der Waals surface area contributed by atoms with E-state index in [2.05, 4.69) is 0 Å². The maximum atomic E-state index is 14.6. The fourth-order valence-electron chi connectivity index (χ4n) is 8.34. The first-order chi connectivity index (χ1) is 23.0. The van der Waals surface area contributed by atoms with Crippen molar-refractivity contribution < 1.29 is 38.2 Å². The van der Waals surface area contributed by atoms with E-state index in [9.17, 15) is 33.5 Å². The average Bonchev–Trinajstić information content (AvgIpc) is 3.44. The van der Waals surface area contributed by atoms with Crippen molar-refractivity contribution in [3.8, 4) is 5.75 Å². The van der Waals surface area contributed by atoms with Crippen LogP contribution in [-0.4, -0.2) is 47.7 Å². The molecule has 9 nitrogen and oxygen atoms in total. The Balaban J connectivity index is 1.35. The second-order valence-corrected chi connectivity index (χ2v) is 13.4. The summed E-state index contributed by atoms with van der Waals surface area (Å²) in [6, 6.07) is 17.1. The number of halogens is 2. The minimum absolute atomic E-state index is 0.00546. The van der Waals surface area contributed by atoms with Gasteiger partial charge in [-0.3, -0.25) is 28.9 Å². The molecule has 0 bridgehead atoms. The quantitative estimate of drug-likeness (QED) is 0.201. The third-order valence-corrected chi connectivity index (χ3v) is 10.8. The van der Waals surface area contributed by atoms with Gasteiger partial charge in [-0.1, -0.05) is 41.4 Å². The number of allylic oxidation sites excluding steroid dienone is 2. The highest BCUT2D eigenvalue weighted by Gasteiger charge is 2.68. The van der Waals surface area contributed by atoms with Crippen molar-refractivity contribution >= 4 is 52.4 Å². The number of aliphatic hydroxyl groups is 1. The molecule has 246 valence electrons. The van der Waals surface area contributed by atoms with Gasteiger partial charge in [-0.05, 0) is 81.1 Å². The number of hydrogen-bond acceptors (Lipinski definition) is 7. The number of ether oxygens (including phenoxy) is 1. The smallest absolute Gasteiger partial charge is 0.241 e. The van der Waals surface area contributed by atoms with Crippen molar-refractivity contribution in [1.82, 2.24) is 0 Å². The van der Waals surface area contributed by atoms with Crippen molar-refractivity contribution in [1.29, 1.82) is 0 Å². The Bertz CT molecular complexity index is 1930. The molecule has 2 aliphatic carbocycles. The lowest BCUT2D eigenvalue weighted by molar-refractivity contribution is -0.131. The van der Waals surface area contributed by atoms with Crippen molar-refractivity contribution in [3.63, 3.8) is 0 Å². The van der Waals surface area contributed by atoms with Gasteiger partial charge in [0.25, 0.3) is 0 Å². The molecule has 0 radical (unpaired) electrons. The van der Waals surface area contributed by atoms with E-state index in [-0.39, 0.29) is 48.5 Å². The van der Waals surface area contributed by atoms with Crippen LogP contribution < -0.4 is 14.5 Å². The number of Topliss-reactive ketones (excluding diaryl/α,β-unsaturated/α-hetero) is 1. The van der Waals surface area contributed by atoms with Crippen LogP contribution in [0.5, 0.6) is 5.75 Å². The average molecular weight is 671 g/mol. The van der Waals surface area contributed by atoms with Crippen molar-refractivity contribution in [2.24, 2.45) is 29.1 Å². The molecule has 2 heterocycles. The zero-order chi connectivity index (χ0) is 34.1. The molecule has 2 aliphatic heterocycles. The summed E-state index contributed by atoms with van der Waals surface area (Å²) in [5.41, 5.74) is 0.980. The number of carbonyl (C=O) groups is 5. The number of imide groups is 2. The van der Waals surface area contributed by atoms with Crippen LogP contribution in [0.25, 0.3) is 0 Å². The first-order valence-corrected chi connectivity index (χ1v) is 16.2. The summed E-state index contributed by atoms with van der Waals surface area (Å²) in [5, 5.41) is 9.31. The molecule has 0 spiro atoms. The highest BCUT2D eigenvalue weighted by atomic mass is 35.5. The van der Waals surface area contributed by atoms with E-state index in [1.54, 1.807) is 49.4 Å². The summed E-state index contributed by atoms with van der Waals surface area (Å²) < 4.78 is 20.1. The molecule has 4 amide bonds. The number of aliphatic hydroxyl groups excluding tert-OH is 1. The van der Waals surface area contributed by atoms with E-state index >= 15 is 0 Å². The van der Waals surface area contributed by atoms with Crippen LogP contribution in [0.2, 0.25) is 5.02 Å². The molecule has 4 aliphatic rings. The molecule has 48 heavy (non-hydrogen) atoms. The second-order valence-electron chi connectivity index (χ2n) is 13.0. The maximum Gasteiger partial charge on any atom is 0.241 e. The van der Waals surface area contributed by atoms with Crippen molar-refractivity contribution in [3.05, 3.63) is 100 Å². The fraction of sp³-hybridized carbons (Fsp3) is 0.324. The standard InChI is InChI=1S/C37H32ClFN2O7/c1-19(43)20-7-9-21(10-8-20)40-33(44)25-13-12-23-26(31(25)35(40)46)18-27-34(45)41(22-11-14-29(39)28(38)17-22)36(47)37(27,2)32(23)24-5-3-4-6-30(24)48-16-15-42/h3-12,14,17,25-27,31-32,42H,13,15-16,18H2,1-2H3/t25-,26+,27-,31-,32+,37+/m0/s1. The molecular formula is C37H32ClFN2O7. The molecule has 3 aromatic carbocycles. The van der Waals surface area contributed by atoms with Gasteiger partial charge < -0.3 is 9.84 Å². The monoisotopic (exact) mass is 670 g/mol. The van der Waals surface area contributed by atoms with Gasteiger partial charge in [-0.2, -0.15) is 0 Å². The first kappa shape index (κ1) is 31.9. The van der Waals surface area contributed by atoms with Gasteiger partial charge in [0.15, 0.2) is 5.78 Å². The van der Waals surface area contributed by atoms with Crippen LogP contribution in [0.3, 0.4) is 0 Å². The van der Waals surface area contributed by atoms with Crippen LogP contribution in [-0.2, 0) is 19.2 Å². The number of fused-ring (bicyclic) bond motifs is 4. The molecule has 1 saturated carbocycles. The number of amides is 4. The molecule has 0 aromatic heterocycles. The summed E-state index contributed by atoms with van der Waals surface area (Å²) in [7, 11) is 0. The van der Waals surface area contributed by atoms with Gasteiger partial charge in [0.05, 0.1) is 46.2 Å². The van der Waals surface area contributed by atoms with Gasteiger partial charge in [0.2, 0.25) is 23.6 Å². The number of nitrogens with zero attached hydrogens (tertiary/aromatic N) is 2. The molecule has 3 aromatic rings. The molecule has 0 unspecified atom stereocenters. The summed E-state index contributed by atoms with van der Waals surface area (Å²) in [6.45, 7) is 2.92. The van der Waals surface area contributed by atoms with E-state index in [1.807, 2.05) is 12.1 Å². The van der Waals surface area contributed by atoms with Crippen LogP contribution >= 0.6 is 11.6 Å². The Morgan fingerprint density at radius 3 is 2.35 bits per heavy atom. The summed E-state index contributed by atoms with van der Waals surface area (Å²) in [4.78, 5) is 71.2. The number of rotatable bonds is 7. The molecule has 2 saturated heterocycles. The molecule has 11 heteroatoms. The number of para-hydroxylation sites is 1. The normalized spacial score (nSPS) is 27.9. The van der Waals surface area contributed by atoms with E-state index in [0.717, 1.165) is 16.5 Å². The minimum Gasteiger partial charge on any atom is -0.491 e. The van der Waals surface area contributed by atoms with E-state index < -0.39 is 58.5 Å². The molecule has 1 N–H and O–H groups in total. The molecule has 6 atom stereocenters. The third kappa shape index (κ3) is 4.64. The van der Waals surface area contributed by atoms with Crippen LogP contribution in [0.15, 0.2) is 78.4 Å².